The van der Waals surface area contributed by atoms with Gasteiger partial charge in [-0.3, -0.25) is 4.79 Å². The number of nitrogens with zero attached hydrogens (tertiary/aromatic N) is 1. The number of esters is 1. The zero-order chi connectivity index (χ0) is 18.7. The van der Waals surface area contributed by atoms with E-state index in [0.717, 1.165) is 5.56 Å². The number of carbonyl (C=O) groups is 1. The molecule has 0 unspecified atom stereocenters. The Labute approximate surface area is 158 Å². The highest BCUT2D eigenvalue weighted by Crippen LogP contribution is 2.30. The summed E-state index contributed by atoms with van der Waals surface area (Å²) in [6.45, 7) is 2.34. The van der Waals surface area contributed by atoms with Crippen molar-refractivity contribution in [3.8, 4) is 0 Å². The zero-order valence-electron chi connectivity index (χ0n) is 14.3. The van der Waals surface area contributed by atoms with Crippen LogP contribution in [-0.2, 0) is 26.2 Å². The van der Waals surface area contributed by atoms with E-state index in [1.807, 2.05) is 37.3 Å². The number of halogens is 1. The highest BCUT2D eigenvalue weighted by Gasteiger charge is 2.43. The first kappa shape index (κ1) is 18.9. The van der Waals surface area contributed by atoms with E-state index >= 15 is 0 Å². The molecule has 0 spiro atoms. The fourth-order valence-electron chi connectivity index (χ4n) is 3.05. The summed E-state index contributed by atoms with van der Waals surface area (Å²) in [7, 11) is -3.79. The molecule has 1 heterocycles. The highest BCUT2D eigenvalue weighted by molar-refractivity contribution is 7.89. The SMILES string of the molecule is C[C@@H]1C[C@@H](C(=O)OCc2ccccc2)N(S(=O)(=O)c2ccc(Cl)cc2)C1. The van der Waals surface area contributed by atoms with Crippen LogP contribution >= 0.6 is 11.6 Å². The zero-order valence-corrected chi connectivity index (χ0v) is 15.9. The van der Waals surface area contributed by atoms with Gasteiger partial charge in [0.25, 0.3) is 0 Å². The Morgan fingerprint density at radius 1 is 1.15 bits per heavy atom. The van der Waals surface area contributed by atoms with E-state index in [2.05, 4.69) is 0 Å². The molecule has 0 amide bonds. The normalized spacial score (nSPS) is 20.8. The first-order chi connectivity index (χ1) is 12.4. The molecule has 3 rings (SSSR count). The van der Waals surface area contributed by atoms with Crippen molar-refractivity contribution < 1.29 is 17.9 Å². The number of hydrogen-bond acceptors (Lipinski definition) is 4. The summed E-state index contributed by atoms with van der Waals surface area (Å²) >= 11 is 5.84. The lowest BCUT2D eigenvalue weighted by atomic mass is 10.1. The van der Waals surface area contributed by atoms with Gasteiger partial charge in [-0.2, -0.15) is 4.31 Å². The van der Waals surface area contributed by atoms with Crippen molar-refractivity contribution in [1.29, 1.82) is 0 Å². The minimum absolute atomic E-state index is 0.0753. The smallest absolute Gasteiger partial charge is 0.324 e. The molecule has 1 fully saturated rings. The lowest BCUT2D eigenvalue weighted by molar-refractivity contribution is -0.148. The molecule has 0 aromatic heterocycles. The second kappa shape index (κ2) is 7.78. The van der Waals surface area contributed by atoms with Gasteiger partial charge in [-0.05, 0) is 42.2 Å². The maximum absolute atomic E-state index is 13.0. The summed E-state index contributed by atoms with van der Waals surface area (Å²) in [5.74, 6) is -0.443. The van der Waals surface area contributed by atoms with Crippen LogP contribution in [0.3, 0.4) is 0 Å². The minimum Gasteiger partial charge on any atom is -0.460 e. The molecule has 1 aliphatic rings. The summed E-state index contributed by atoms with van der Waals surface area (Å²) in [6, 6.07) is 14.4. The summed E-state index contributed by atoms with van der Waals surface area (Å²) in [6.07, 6.45) is 0.445. The molecule has 2 aromatic carbocycles. The fraction of sp³-hybridized carbons (Fsp3) is 0.316. The predicted molar refractivity (Wildman–Crippen MR) is 99.2 cm³/mol. The predicted octanol–water partition coefficient (Wildman–Crippen LogP) is 3.48. The van der Waals surface area contributed by atoms with Crippen LogP contribution in [0.2, 0.25) is 5.02 Å². The Balaban J connectivity index is 1.77. The summed E-state index contributed by atoms with van der Waals surface area (Å²) in [4.78, 5) is 12.7. The molecule has 2 aromatic rings. The van der Waals surface area contributed by atoms with Crippen molar-refractivity contribution in [3.05, 3.63) is 65.2 Å². The second-order valence-corrected chi connectivity index (χ2v) is 8.81. The van der Waals surface area contributed by atoms with Crippen LogP contribution in [0.4, 0.5) is 0 Å². The topological polar surface area (TPSA) is 63.7 Å². The first-order valence-electron chi connectivity index (χ1n) is 8.36. The van der Waals surface area contributed by atoms with Gasteiger partial charge in [-0.15, -0.1) is 0 Å². The van der Waals surface area contributed by atoms with E-state index in [-0.39, 0.29) is 24.0 Å². The van der Waals surface area contributed by atoms with Gasteiger partial charge in [0.1, 0.15) is 12.6 Å². The van der Waals surface area contributed by atoms with E-state index in [1.54, 1.807) is 0 Å². The third-order valence-electron chi connectivity index (χ3n) is 4.38. The van der Waals surface area contributed by atoms with E-state index in [1.165, 1.54) is 28.6 Å². The van der Waals surface area contributed by atoms with Gasteiger partial charge < -0.3 is 4.74 Å². The molecule has 7 heteroatoms. The monoisotopic (exact) mass is 393 g/mol. The Morgan fingerprint density at radius 2 is 1.81 bits per heavy atom. The van der Waals surface area contributed by atoms with Gasteiger partial charge in [0.2, 0.25) is 10.0 Å². The lowest BCUT2D eigenvalue weighted by Gasteiger charge is -2.22. The lowest BCUT2D eigenvalue weighted by Crippen LogP contribution is -2.41. The Hall–Kier alpha value is -1.89. The van der Waals surface area contributed by atoms with Crippen LogP contribution in [0, 0.1) is 5.92 Å². The molecule has 1 aliphatic heterocycles. The molecular formula is C19H20ClNO4S. The molecule has 0 N–H and O–H groups in total. The van der Waals surface area contributed by atoms with Crippen molar-refractivity contribution in [1.82, 2.24) is 4.31 Å². The van der Waals surface area contributed by atoms with E-state index in [0.29, 0.717) is 11.4 Å². The molecule has 0 saturated carbocycles. The van der Waals surface area contributed by atoms with Crippen LogP contribution in [0.15, 0.2) is 59.5 Å². The van der Waals surface area contributed by atoms with Crippen LogP contribution in [0.5, 0.6) is 0 Å². The van der Waals surface area contributed by atoms with Crippen LogP contribution < -0.4 is 0 Å². The van der Waals surface area contributed by atoms with Crippen LogP contribution in [-0.4, -0.2) is 31.3 Å². The van der Waals surface area contributed by atoms with Crippen molar-refractivity contribution in [2.24, 2.45) is 5.92 Å². The van der Waals surface area contributed by atoms with Gasteiger partial charge in [-0.25, -0.2) is 8.42 Å². The molecule has 0 radical (unpaired) electrons. The summed E-state index contributed by atoms with van der Waals surface area (Å²) < 4.78 is 32.5. The van der Waals surface area contributed by atoms with Crippen molar-refractivity contribution in [2.75, 3.05) is 6.54 Å². The number of ether oxygens (including phenoxy) is 1. The number of sulfonamides is 1. The molecule has 26 heavy (non-hydrogen) atoms. The van der Waals surface area contributed by atoms with Crippen LogP contribution in [0.1, 0.15) is 18.9 Å². The molecule has 1 saturated heterocycles. The molecule has 2 atom stereocenters. The van der Waals surface area contributed by atoms with Gasteiger partial charge in [0, 0.05) is 11.6 Å². The Bertz CT molecular complexity index is 868. The summed E-state index contributed by atoms with van der Waals surface area (Å²) in [5.41, 5.74) is 0.860. The van der Waals surface area contributed by atoms with E-state index < -0.39 is 22.0 Å². The van der Waals surface area contributed by atoms with Crippen LogP contribution in [0.25, 0.3) is 0 Å². The fourth-order valence-corrected chi connectivity index (χ4v) is 4.89. The second-order valence-electron chi connectivity index (χ2n) is 6.48. The standard InChI is InChI=1S/C19H20ClNO4S/c1-14-11-18(19(22)25-13-15-5-3-2-4-6-15)21(12-14)26(23,24)17-9-7-16(20)8-10-17/h2-10,14,18H,11-13H2,1H3/t14-,18+/m1/s1. The van der Waals surface area contributed by atoms with Gasteiger partial charge in [0.05, 0.1) is 4.90 Å². The number of carbonyl (C=O) groups excluding carboxylic acids is 1. The summed E-state index contributed by atoms with van der Waals surface area (Å²) in [5, 5.41) is 0.456. The highest BCUT2D eigenvalue weighted by atomic mass is 35.5. The van der Waals surface area contributed by atoms with E-state index in [4.69, 9.17) is 16.3 Å². The molecule has 5 nitrogen and oxygen atoms in total. The van der Waals surface area contributed by atoms with Gasteiger partial charge in [-0.1, -0.05) is 48.9 Å². The van der Waals surface area contributed by atoms with Gasteiger partial charge >= 0.3 is 5.97 Å². The number of hydrogen-bond donors (Lipinski definition) is 0. The quantitative estimate of drug-likeness (QED) is 0.729. The number of rotatable bonds is 5. The average Bonchev–Trinajstić information content (AvgIpc) is 3.04. The Kier molecular flexibility index (Phi) is 5.65. The average molecular weight is 394 g/mol. The Morgan fingerprint density at radius 3 is 2.46 bits per heavy atom. The first-order valence-corrected chi connectivity index (χ1v) is 10.2. The van der Waals surface area contributed by atoms with E-state index in [9.17, 15) is 13.2 Å². The molecule has 0 aliphatic carbocycles. The third kappa shape index (κ3) is 4.09. The maximum atomic E-state index is 13.0. The van der Waals surface area contributed by atoms with Crippen molar-refractivity contribution in [3.63, 3.8) is 0 Å². The molecular weight excluding hydrogens is 374 g/mol. The van der Waals surface area contributed by atoms with Gasteiger partial charge in [0.15, 0.2) is 0 Å². The molecule has 0 bridgehead atoms. The minimum atomic E-state index is -3.79. The van der Waals surface area contributed by atoms with Crippen molar-refractivity contribution >= 4 is 27.6 Å². The largest absolute Gasteiger partial charge is 0.460 e. The number of benzene rings is 2. The maximum Gasteiger partial charge on any atom is 0.324 e. The third-order valence-corrected chi connectivity index (χ3v) is 6.52. The van der Waals surface area contributed by atoms with Crippen molar-refractivity contribution in [2.45, 2.75) is 30.9 Å². The molecule has 138 valence electrons.